The Kier molecular flexibility index (Phi) is 1.67. The molecule has 1 aromatic rings. The molecule has 0 fully saturated rings. The second-order valence-electron chi connectivity index (χ2n) is 3.56. The number of H-pyrrole nitrogens is 2. The molecule has 0 unspecified atom stereocenters. The molecule has 15 heavy (non-hydrogen) atoms. The maximum absolute atomic E-state index is 5.01. The fourth-order valence-corrected chi connectivity index (χ4v) is 2.12. The van der Waals surface area contributed by atoms with Crippen molar-refractivity contribution in [3.63, 3.8) is 0 Å². The van der Waals surface area contributed by atoms with Gasteiger partial charge in [0.15, 0.2) is 0 Å². The smallest absolute Gasteiger partial charge is 0.212 e. The van der Waals surface area contributed by atoms with Crippen LogP contribution in [0.5, 0.6) is 0 Å². The summed E-state index contributed by atoms with van der Waals surface area (Å²) in [5.74, 6) is 0. The summed E-state index contributed by atoms with van der Waals surface area (Å²) < 4.78 is 0.487. The summed E-state index contributed by atoms with van der Waals surface area (Å²) in [7, 11) is 0. The second kappa shape index (κ2) is 2.90. The number of aromatic nitrogens is 3. The van der Waals surface area contributed by atoms with Gasteiger partial charge in [0, 0.05) is 5.39 Å². The fourth-order valence-electron chi connectivity index (χ4n) is 1.98. The van der Waals surface area contributed by atoms with Crippen LogP contribution in [0.2, 0.25) is 0 Å². The van der Waals surface area contributed by atoms with Gasteiger partial charge in [0.1, 0.15) is 0 Å². The molecular weight excluding hydrogens is 206 g/mol. The number of aromatic amines is 2. The number of hydrogen-bond acceptors (Lipinski definition) is 2. The molecule has 0 saturated carbocycles. The van der Waals surface area contributed by atoms with Crippen molar-refractivity contribution in [1.82, 2.24) is 15.2 Å². The van der Waals surface area contributed by atoms with E-state index in [0.29, 0.717) is 4.77 Å². The maximum Gasteiger partial charge on any atom is 0.212 e. The minimum absolute atomic E-state index is 0.487. The van der Waals surface area contributed by atoms with Gasteiger partial charge in [-0.1, -0.05) is 24.3 Å². The zero-order valence-corrected chi connectivity index (χ0v) is 8.98. The highest BCUT2D eigenvalue weighted by molar-refractivity contribution is 7.71. The van der Waals surface area contributed by atoms with Crippen molar-refractivity contribution >= 4 is 23.0 Å². The molecular formula is C11H9N3S. The molecule has 2 aliphatic rings. The number of nitrogens with one attached hydrogen (secondary N) is 2. The SMILES string of the molecule is Cc1c2nc(=S)[nH][nH]c-2c2ccccc12. The molecule has 4 heteroatoms. The second-order valence-corrected chi connectivity index (χ2v) is 3.95. The van der Waals surface area contributed by atoms with Crippen LogP contribution >= 0.6 is 12.2 Å². The van der Waals surface area contributed by atoms with Crippen LogP contribution in [0.1, 0.15) is 5.56 Å². The Morgan fingerprint density at radius 3 is 2.67 bits per heavy atom. The Morgan fingerprint density at radius 1 is 1.13 bits per heavy atom. The molecule has 0 amide bonds. The summed E-state index contributed by atoms with van der Waals surface area (Å²) >= 11 is 5.01. The van der Waals surface area contributed by atoms with Crippen LogP contribution in [0, 0.1) is 11.7 Å². The normalized spacial score (nSPS) is 11.3. The largest absolute Gasteiger partial charge is 0.296 e. The van der Waals surface area contributed by atoms with Gasteiger partial charge in [-0.15, -0.1) is 0 Å². The van der Waals surface area contributed by atoms with Gasteiger partial charge in [0.2, 0.25) is 4.77 Å². The molecule has 0 saturated heterocycles. The van der Waals surface area contributed by atoms with E-state index in [-0.39, 0.29) is 0 Å². The van der Waals surface area contributed by atoms with Crippen molar-refractivity contribution in [3.05, 3.63) is 34.6 Å². The molecule has 3 nitrogen and oxygen atoms in total. The van der Waals surface area contributed by atoms with Crippen molar-refractivity contribution < 1.29 is 0 Å². The number of fused-ring (bicyclic) bond motifs is 3. The molecule has 1 aromatic carbocycles. The molecule has 0 spiro atoms. The van der Waals surface area contributed by atoms with E-state index in [9.17, 15) is 0 Å². The van der Waals surface area contributed by atoms with Gasteiger partial charge in [0.05, 0.1) is 11.4 Å². The minimum Gasteiger partial charge on any atom is -0.296 e. The van der Waals surface area contributed by atoms with Gasteiger partial charge in [-0.3, -0.25) is 10.2 Å². The molecule has 0 atom stereocenters. The molecule has 1 heterocycles. The first-order chi connectivity index (χ1) is 7.27. The van der Waals surface area contributed by atoms with Gasteiger partial charge in [-0.2, -0.15) is 0 Å². The molecule has 2 N–H and O–H groups in total. The zero-order valence-electron chi connectivity index (χ0n) is 8.16. The van der Waals surface area contributed by atoms with Crippen LogP contribution in [0.15, 0.2) is 24.3 Å². The summed E-state index contributed by atoms with van der Waals surface area (Å²) in [6.07, 6.45) is 0. The molecule has 3 rings (SSSR count). The molecule has 74 valence electrons. The summed E-state index contributed by atoms with van der Waals surface area (Å²) in [4.78, 5) is 4.34. The van der Waals surface area contributed by atoms with E-state index in [4.69, 9.17) is 12.2 Å². The van der Waals surface area contributed by atoms with Gasteiger partial charge in [-0.05, 0) is 30.1 Å². The first-order valence-electron chi connectivity index (χ1n) is 4.73. The van der Waals surface area contributed by atoms with Crippen LogP contribution < -0.4 is 0 Å². The lowest BCUT2D eigenvalue weighted by atomic mass is 10.2. The highest BCUT2D eigenvalue weighted by Crippen LogP contribution is 2.34. The summed E-state index contributed by atoms with van der Waals surface area (Å²) in [6.45, 7) is 2.07. The Balaban J connectivity index is 2.62. The lowest BCUT2D eigenvalue weighted by Crippen LogP contribution is -1.92. The van der Waals surface area contributed by atoms with Crippen molar-refractivity contribution in [2.75, 3.05) is 0 Å². The van der Waals surface area contributed by atoms with Crippen molar-refractivity contribution in [2.45, 2.75) is 6.92 Å². The van der Waals surface area contributed by atoms with Crippen LogP contribution in [-0.2, 0) is 0 Å². The van der Waals surface area contributed by atoms with E-state index in [0.717, 1.165) is 11.4 Å². The van der Waals surface area contributed by atoms with Crippen molar-refractivity contribution in [1.29, 1.82) is 0 Å². The third-order valence-corrected chi connectivity index (χ3v) is 2.89. The number of nitrogens with zero attached hydrogens (tertiary/aromatic N) is 1. The van der Waals surface area contributed by atoms with E-state index < -0.39 is 0 Å². The number of rotatable bonds is 0. The van der Waals surface area contributed by atoms with Crippen LogP contribution in [0.25, 0.3) is 22.2 Å². The standard InChI is InChI=1S/C11H9N3S/c1-6-7-4-2-3-5-8(7)10-9(6)12-11(15)14-13-10/h2-5,13H,1H3,(H,14,15). The summed E-state index contributed by atoms with van der Waals surface area (Å²) in [5.41, 5.74) is 3.16. The van der Waals surface area contributed by atoms with Gasteiger partial charge < -0.3 is 0 Å². The highest BCUT2D eigenvalue weighted by atomic mass is 32.1. The Hall–Kier alpha value is -1.68. The monoisotopic (exact) mass is 215 g/mol. The highest BCUT2D eigenvalue weighted by Gasteiger charge is 2.15. The molecule has 1 aliphatic heterocycles. The van der Waals surface area contributed by atoms with E-state index >= 15 is 0 Å². The minimum atomic E-state index is 0.487. The van der Waals surface area contributed by atoms with Crippen LogP contribution in [0.4, 0.5) is 0 Å². The Bertz CT molecular complexity index is 665. The quantitative estimate of drug-likeness (QED) is 0.566. The average Bonchev–Trinajstić information content (AvgIpc) is 2.54. The first-order valence-corrected chi connectivity index (χ1v) is 5.14. The Morgan fingerprint density at radius 2 is 1.87 bits per heavy atom. The topological polar surface area (TPSA) is 44.5 Å². The van der Waals surface area contributed by atoms with Gasteiger partial charge >= 0.3 is 0 Å². The predicted octanol–water partition coefficient (Wildman–Crippen LogP) is 3.03. The van der Waals surface area contributed by atoms with E-state index in [1.807, 2.05) is 12.1 Å². The molecule has 0 radical (unpaired) electrons. The third kappa shape index (κ3) is 1.11. The first kappa shape index (κ1) is 8.61. The third-order valence-electron chi connectivity index (χ3n) is 2.70. The zero-order chi connectivity index (χ0) is 10.4. The van der Waals surface area contributed by atoms with Crippen molar-refractivity contribution in [3.8, 4) is 11.4 Å². The average molecular weight is 215 g/mol. The fraction of sp³-hybridized carbons (Fsp3) is 0.0909. The Labute approximate surface area is 91.5 Å². The van der Waals surface area contributed by atoms with Gasteiger partial charge in [-0.25, -0.2) is 4.98 Å². The summed E-state index contributed by atoms with van der Waals surface area (Å²) in [6, 6.07) is 8.24. The number of benzene rings is 1. The van der Waals surface area contributed by atoms with Crippen LogP contribution in [0.3, 0.4) is 0 Å². The van der Waals surface area contributed by atoms with Crippen LogP contribution in [-0.4, -0.2) is 15.2 Å². The molecule has 0 aromatic heterocycles. The van der Waals surface area contributed by atoms with E-state index in [2.05, 4.69) is 34.2 Å². The van der Waals surface area contributed by atoms with E-state index in [1.54, 1.807) is 0 Å². The molecule has 0 bridgehead atoms. The van der Waals surface area contributed by atoms with Crippen molar-refractivity contribution in [2.24, 2.45) is 0 Å². The molecule has 1 aliphatic carbocycles. The number of hydrogen-bond donors (Lipinski definition) is 2. The number of aryl methyl sites for hydroxylation is 1. The van der Waals surface area contributed by atoms with E-state index in [1.165, 1.54) is 16.3 Å². The predicted molar refractivity (Wildman–Crippen MR) is 62.6 cm³/mol. The van der Waals surface area contributed by atoms with Gasteiger partial charge in [0.25, 0.3) is 0 Å². The maximum atomic E-state index is 5.01. The lowest BCUT2D eigenvalue weighted by molar-refractivity contribution is 0.959. The lowest BCUT2D eigenvalue weighted by Gasteiger charge is -1.98. The summed E-state index contributed by atoms with van der Waals surface area (Å²) in [5, 5.41) is 8.36.